The standard InChI is InChI=1S/C15H21N3O/c1-3-15(2,7-9-19)18-14-5-4-13(16)12-10-17-8-6-11(12)14/h4-6,8,10,18-19H,3,7,9,16H2,1-2H3. The molecule has 1 heterocycles. The summed E-state index contributed by atoms with van der Waals surface area (Å²) in [6, 6.07) is 5.84. The molecule has 4 N–H and O–H groups in total. The van der Waals surface area contributed by atoms with Crippen LogP contribution >= 0.6 is 0 Å². The van der Waals surface area contributed by atoms with Crippen molar-refractivity contribution in [3.63, 3.8) is 0 Å². The third-order valence-corrected chi connectivity index (χ3v) is 3.73. The molecule has 0 amide bonds. The Labute approximate surface area is 113 Å². The first-order valence-electron chi connectivity index (χ1n) is 6.61. The van der Waals surface area contributed by atoms with Crippen molar-refractivity contribution in [1.82, 2.24) is 4.98 Å². The maximum absolute atomic E-state index is 9.20. The Bertz CT molecular complexity index is 570. The molecule has 2 aromatic rings. The number of rotatable bonds is 5. The molecular weight excluding hydrogens is 238 g/mol. The highest BCUT2D eigenvalue weighted by Crippen LogP contribution is 2.31. The largest absolute Gasteiger partial charge is 0.398 e. The van der Waals surface area contributed by atoms with Crippen molar-refractivity contribution in [2.75, 3.05) is 17.7 Å². The molecule has 19 heavy (non-hydrogen) atoms. The summed E-state index contributed by atoms with van der Waals surface area (Å²) >= 11 is 0. The second-order valence-corrected chi connectivity index (χ2v) is 5.14. The summed E-state index contributed by atoms with van der Waals surface area (Å²) in [5.74, 6) is 0. The quantitative estimate of drug-likeness (QED) is 0.722. The fourth-order valence-corrected chi connectivity index (χ4v) is 2.22. The maximum atomic E-state index is 9.20. The smallest absolute Gasteiger partial charge is 0.0453 e. The summed E-state index contributed by atoms with van der Waals surface area (Å²) in [6.07, 6.45) is 5.19. The van der Waals surface area contributed by atoms with Gasteiger partial charge in [-0.25, -0.2) is 0 Å². The van der Waals surface area contributed by atoms with Gasteiger partial charge in [0, 0.05) is 46.7 Å². The van der Waals surface area contributed by atoms with Crippen LogP contribution in [0.4, 0.5) is 11.4 Å². The van der Waals surface area contributed by atoms with Gasteiger partial charge in [-0.2, -0.15) is 0 Å². The molecule has 1 atom stereocenters. The second-order valence-electron chi connectivity index (χ2n) is 5.14. The number of benzene rings is 1. The number of hydrogen-bond acceptors (Lipinski definition) is 4. The first kappa shape index (κ1) is 13.6. The summed E-state index contributed by atoms with van der Waals surface area (Å²) in [4.78, 5) is 4.12. The van der Waals surface area contributed by atoms with Crippen LogP contribution in [0.2, 0.25) is 0 Å². The van der Waals surface area contributed by atoms with E-state index < -0.39 is 0 Å². The van der Waals surface area contributed by atoms with Gasteiger partial charge in [-0.05, 0) is 38.0 Å². The van der Waals surface area contributed by atoms with Gasteiger partial charge in [-0.3, -0.25) is 4.98 Å². The predicted octanol–water partition coefficient (Wildman–Crippen LogP) is 2.78. The topological polar surface area (TPSA) is 71.2 Å². The Kier molecular flexibility index (Phi) is 3.90. The van der Waals surface area contributed by atoms with E-state index in [4.69, 9.17) is 5.73 Å². The average Bonchev–Trinajstić information content (AvgIpc) is 2.43. The summed E-state index contributed by atoms with van der Waals surface area (Å²) < 4.78 is 0. The Balaban J connectivity index is 2.43. The van der Waals surface area contributed by atoms with E-state index in [0.717, 1.165) is 28.6 Å². The first-order chi connectivity index (χ1) is 9.09. The molecule has 1 aromatic carbocycles. The number of aliphatic hydroxyl groups is 1. The third-order valence-electron chi connectivity index (χ3n) is 3.73. The van der Waals surface area contributed by atoms with Crippen molar-refractivity contribution in [2.24, 2.45) is 0 Å². The number of aromatic nitrogens is 1. The lowest BCUT2D eigenvalue weighted by Gasteiger charge is -2.31. The minimum Gasteiger partial charge on any atom is -0.398 e. The molecule has 0 saturated heterocycles. The van der Waals surface area contributed by atoms with E-state index in [-0.39, 0.29) is 12.1 Å². The van der Waals surface area contributed by atoms with Gasteiger partial charge in [0.25, 0.3) is 0 Å². The highest BCUT2D eigenvalue weighted by molar-refractivity contribution is 6.00. The van der Waals surface area contributed by atoms with E-state index in [9.17, 15) is 5.11 Å². The molecule has 1 aromatic heterocycles. The van der Waals surface area contributed by atoms with E-state index in [1.165, 1.54) is 0 Å². The van der Waals surface area contributed by atoms with Gasteiger partial charge in [0.15, 0.2) is 0 Å². The predicted molar refractivity (Wildman–Crippen MR) is 80.2 cm³/mol. The van der Waals surface area contributed by atoms with Crippen LogP contribution in [0, 0.1) is 0 Å². The molecule has 0 aliphatic heterocycles. The van der Waals surface area contributed by atoms with Crippen LogP contribution in [-0.2, 0) is 0 Å². The van der Waals surface area contributed by atoms with Gasteiger partial charge in [0.05, 0.1) is 0 Å². The van der Waals surface area contributed by atoms with Crippen molar-refractivity contribution in [2.45, 2.75) is 32.2 Å². The molecule has 0 spiro atoms. The summed E-state index contributed by atoms with van der Waals surface area (Å²) in [6.45, 7) is 4.40. The molecule has 0 bridgehead atoms. The first-order valence-corrected chi connectivity index (χ1v) is 6.61. The van der Waals surface area contributed by atoms with Crippen molar-refractivity contribution in [1.29, 1.82) is 0 Å². The average molecular weight is 259 g/mol. The Morgan fingerprint density at radius 1 is 1.32 bits per heavy atom. The van der Waals surface area contributed by atoms with E-state index in [2.05, 4.69) is 24.1 Å². The van der Waals surface area contributed by atoms with E-state index >= 15 is 0 Å². The summed E-state index contributed by atoms with van der Waals surface area (Å²) in [5, 5.41) is 14.7. The molecule has 2 rings (SSSR count). The highest BCUT2D eigenvalue weighted by atomic mass is 16.3. The zero-order chi connectivity index (χ0) is 13.9. The zero-order valence-corrected chi connectivity index (χ0v) is 11.5. The van der Waals surface area contributed by atoms with E-state index in [1.807, 2.05) is 18.2 Å². The van der Waals surface area contributed by atoms with Crippen LogP contribution in [-0.4, -0.2) is 22.2 Å². The second kappa shape index (κ2) is 5.45. The van der Waals surface area contributed by atoms with Gasteiger partial charge in [-0.1, -0.05) is 6.92 Å². The molecule has 0 aliphatic rings. The van der Waals surface area contributed by atoms with Gasteiger partial charge < -0.3 is 16.2 Å². The Morgan fingerprint density at radius 2 is 2.11 bits per heavy atom. The van der Waals surface area contributed by atoms with E-state index in [0.29, 0.717) is 6.42 Å². The molecule has 1 unspecified atom stereocenters. The lowest BCUT2D eigenvalue weighted by atomic mass is 9.94. The van der Waals surface area contributed by atoms with Crippen LogP contribution in [0.3, 0.4) is 0 Å². The summed E-state index contributed by atoms with van der Waals surface area (Å²) in [5.41, 5.74) is 7.61. The van der Waals surface area contributed by atoms with Crippen LogP contribution < -0.4 is 11.1 Å². The van der Waals surface area contributed by atoms with Crippen LogP contribution in [0.15, 0.2) is 30.6 Å². The molecule has 0 aliphatic carbocycles. The monoisotopic (exact) mass is 259 g/mol. The SMILES string of the molecule is CCC(C)(CCO)Nc1ccc(N)c2cnccc12. The highest BCUT2D eigenvalue weighted by Gasteiger charge is 2.21. The molecular formula is C15H21N3O. The number of aliphatic hydroxyl groups excluding tert-OH is 1. The molecule has 102 valence electrons. The van der Waals surface area contributed by atoms with Crippen LogP contribution in [0.1, 0.15) is 26.7 Å². The Hall–Kier alpha value is -1.81. The third kappa shape index (κ3) is 2.79. The molecule has 4 nitrogen and oxygen atoms in total. The number of hydrogen-bond donors (Lipinski definition) is 3. The van der Waals surface area contributed by atoms with Crippen molar-refractivity contribution in [3.05, 3.63) is 30.6 Å². The van der Waals surface area contributed by atoms with Gasteiger partial charge in [0.2, 0.25) is 0 Å². The number of nitrogens with two attached hydrogens (primary N) is 1. The van der Waals surface area contributed by atoms with Gasteiger partial charge in [0.1, 0.15) is 0 Å². The lowest BCUT2D eigenvalue weighted by Crippen LogP contribution is -2.35. The lowest BCUT2D eigenvalue weighted by molar-refractivity contribution is 0.252. The van der Waals surface area contributed by atoms with Crippen LogP contribution in [0.5, 0.6) is 0 Å². The number of nitrogens with one attached hydrogen (secondary N) is 1. The Morgan fingerprint density at radius 3 is 2.79 bits per heavy atom. The molecule has 0 saturated carbocycles. The van der Waals surface area contributed by atoms with Crippen molar-refractivity contribution < 1.29 is 5.11 Å². The van der Waals surface area contributed by atoms with Crippen molar-refractivity contribution >= 4 is 22.1 Å². The normalized spacial score (nSPS) is 14.3. The minimum atomic E-state index is -0.124. The molecule has 0 fully saturated rings. The number of anilines is 2. The van der Waals surface area contributed by atoms with Gasteiger partial charge >= 0.3 is 0 Å². The fraction of sp³-hybridized carbons (Fsp3) is 0.400. The van der Waals surface area contributed by atoms with E-state index in [1.54, 1.807) is 12.4 Å². The maximum Gasteiger partial charge on any atom is 0.0453 e. The van der Waals surface area contributed by atoms with Gasteiger partial charge in [-0.15, -0.1) is 0 Å². The number of pyridine rings is 1. The fourth-order valence-electron chi connectivity index (χ4n) is 2.22. The van der Waals surface area contributed by atoms with Crippen molar-refractivity contribution in [3.8, 4) is 0 Å². The number of nitrogens with zero attached hydrogens (tertiary/aromatic N) is 1. The number of nitrogen functional groups attached to an aromatic ring is 1. The zero-order valence-electron chi connectivity index (χ0n) is 11.5. The van der Waals surface area contributed by atoms with Crippen LogP contribution in [0.25, 0.3) is 10.8 Å². The number of fused-ring (bicyclic) bond motifs is 1. The minimum absolute atomic E-state index is 0.124. The molecule has 0 radical (unpaired) electrons. The summed E-state index contributed by atoms with van der Waals surface area (Å²) in [7, 11) is 0. The molecule has 4 heteroatoms.